The number of rotatable bonds is 6. The SMILES string of the molecule is O=C1/C(=C/c2cccc(OCc3ccc(Cl)cc3Cl)c2)SC(=Nc2ccc(Cl)cc2)N1c1ccc(Cl)cc1. The summed E-state index contributed by atoms with van der Waals surface area (Å²) in [6.45, 7) is 0.284. The molecule has 9 heteroatoms. The number of hydrogen-bond acceptors (Lipinski definition) is 4. The molecule has 5 rings (SSSR count). The minimum atomic E-state index is -0.190. The molecule has 0 aromatic heterocycles. The monoisotopic (exact) mass is 598 g/mol. The van der Waals surface area contributed by atoms with Gasteiger partial charge >= 0.3 is 0 Å². The summed E-state index contributed by atoms with van der Waals surface area (Å²) in [5.74, 6) is 0.453. The Bertz CT molecular complexity index is 1550. The van der Waals surface area contributed by atoms with Crippen LogP contribution < -0.4 is 9.64 Å². The molecule has 1 aliphatic heterocycles. The fraction of sp³-hybridized carbons (Fsp3) is 0.0345. The molecule has 1 heterocycles. The van der Waals surface area contributed by atoms with E-state index in [0.717, 1.165) is 11.1 Å². The fourth-order valence-electron chi connectivity index (χ4n) is 3.64. The van der Waals surface area contributed by atoms with Crippen LogP contribution in [0, 0.1) is 0 Å². The van der Waals surface area contributed by atoms with Crippen molar-refractivity contribution < 1.29 is 9.53 Å². The van der Waals surface area contributed by atoms with Gasteiger partial charge in [0.15, 0.2) is 5.17 Å². The van der Waals surface area contributed by atoms with Gasteiger partial charge in [-0.3, -0.25) is 9.69 Å². The predicted octanol–water partition coefficient (Wildman–Crippen LogP) is 9.69. The van der Waals surface area contributed by atoms with Gasteiger partial charge in [-0.05, 0) is 96.2 Å². The van der Waals surface area contributed by atoms with Gasteiger partial charge in [-0.15, -0.1) is 0 Å². The van der Waals surface area contributed by atoms with Gasteiger partial charge in [0.1, 0.15) is 12.4 Å². The van der Waals surface area contributed by atoms with Crippen LogP contribution in [0.25, 0.3) is 6.08 Å². The van der Waals surface area contributed by atoms with Gasteiger partial charge < -0.3 is 4.74 Å². The van der Waals surface area contributed by atoms with Crippen LogP contribution in [-0.2, 0) is 11.4 Å². The molecule has 4 aromatic carbocycles. The smallest absolute Gasteiger partial charge is 0.271 e. The van der Waals surface area contributed by atoms with Crippen LogP contribution in [0.2, 0.25) is 20.1 Å². The lowest BCUT2D eigenvalue weighted by Gasteiger charge is -2.15. The quantitative estimate of drug-likeness (QED) is 0.207. The zero-order valence-electron chi connectivity index (χ0n) is 19.6. The summed E-state index contributed by atoms with van der Waals surface area (Å²) in [5, 5.41) is 2.82. The third-order valence-corrected chi connectivity index (χ3v) is 7.57. The van der Waals surface area contributed by atoms with Gasteiger partial charge in [0.05, 0.1) is 16.3 Å². The second-order valence-corrected chi connectivity index (χ2v) is 10.9. The Hall–Kier alpha value is -2.93. The van der Waals surface area contributed by atoms with E-state index in [1.807, 2.05) is 36.4 Å². The van der Waals surface area contributed by atoms with E-state index in [-0.39, 0.29) is 12.5 Å². The third-order valence-electron chi connectivity index (χ3n) is 5.51. The highest BCUT2D eigenvalue weighted by molar-refractivity contribution is 8.19. The summed E-state index contributed by atoms with van der Waals surface area (Å²) in [6.07, 6.45) is 1.82. The van der Waals surface area contributed by atoms with Crippen molar-refractivity contribution in [2.75, 3.05) is 4.90 Å². The van der Waals surface area contributed by atoms with Crippen molar-refractivity contribution in [2.45, 2.75) is 6.61 Å². The molecule has 190 valence electrons. The molecule has 0 N–H and O–H groups in total. The van der Waals surface area contributed by atoms with Crippen LogP contribution in [-0.4, -0.2) is 11.1 Å². The van der Waals surface area contributed by atoms with E-state index in [1.165, 1.54) is 11.8 Å². The number of amidine groups is 1. The van der Waals surface area contributed by atoms with Crippen molar-refractivity contribution in [1.82, 2.24) is 0 Å². The molecule has 4 aromatic rings. The highest BCUT2D eigenvalue weighted by Crippen LogP contribution is 2.38. The largest absolute Gasteiger partial charge is 0.489 e. The average molecular weight is 600 g/mol. The van der Waals surface area contributed by atoms with Crippen LogP contribution >= 0.6 is 58.2 Å². The van der Waals surface area contributed by atoms with E-state index < -0.39 is 0 Å². The number of ether oxygens (including phenoxy) is 1. The zero-order valence-corrected chi connectivity index (χ0v) is 23.4. The lowest BCUT2D eigenvalue weighted by Crippen LogP contribution is -2.28. The van der Waals surface area contributed by atoms with Crippen LogP contribution in [0.15, 0.2) is 101 Å². The molecule has 0 aliphatic carbocycles. The number of carbonyl (C=O) groups excluding carboxylic acids is 1. The number of anilines is 1. The Balaban J connectivity index is 1.42. The first-order valence-corrected chi connectivity index (χ1v) is 13.7. The van der Waals surface area contributed by atoms with E-state index in [9.17, 15) is 4.79 Å². The molecule has 0 saturated carbocycles. The number of thioether (sulfide) groups is 1. The molecular weight excluding hydrogens is 582 g/mol. The maximum atomic E-state index is 13.6. The molecule has 38 heavy (non-hydrogen) atoms. The topological polar surface area (TPSA) is 41.9 Å². The molecule has 0 unspecified atom stereocenters. The van der Waals surface area contributed by atoms with E-state index in [4.69, 9.17) is 56.1 Å². The maximum absolute atomic E-state index is 13.6. The van der Waals surface area contributed by atoms with Crippen molar-refractivity contribution >= 4 is 86.7 Å². The standard InChI is InChI=1S/C29H18Cl4N2O2S/c30-20-6-10-23(11-7-20)34-29-35(24-12-8-21(31)9-13-24)28(36)27(38-29)15-18-2-1-3-25(14-18)37-17-19-4-5-22(32)16-26(19)33/h1-16H,17H2/b27-15-,34-29?. The van der Waals surface area contributed by atoms with Gasteiger partial charge in [0, 0.05) is 25.7 Å². The Morgan fingerprint density at radius 3 is 2.21 bits per heavy atom. The molecule has 1 aliphatic rings. The molecule has 0 atom stereocenters. The highest BCUT2D eigenvalue weighted by Gasteiger charge is 2.34. The lowest BCUT2D eigenvalue weighted by molar-refractivity contribution is -0.113. The minimum Gasteiger partial charge on any atom is -0.489 e. The molecule has 1 fully saturated rings. The molecular formula is C29H18Cl4N2O2S. The first-order chi connectivity index (χ1) is 18.4. The average Bonchev–Trinajstić information content (AvgIpc) is 3.20. The molecule has 0 spiro atoms. The highest BCUT2D eigenvalue weighted by atomic mass is 35.5. The Kier molecular flexibility index (Phi) is 8.32. The summed E-state index contributed by atoms with van der Waals surface area (Å²) < 4.78 is 5.95. The van der Waals surface area contributed by atoms with Gasteiger partial charge in [-0.1, -0.05) is 64.6 Å². The van der Waals surface area contributed by atoms with Gasteiger partial charge in [-0.25, -0.2) is 4.99 Å². The molecule has 0 bridgehead atoms. The third kappa shape index (κ3) is 6.37. The van der Waals surface area contributed by atoms with Crippen molar-refractivity contribution in [3.63, 3.8) is 0 Å². The second-order valence-electron chi connectivity index (χ2n) is 8.20. The van der Waals surface area contributed by atoms with Crippen molar-refractivity contribution in [1.29, 1.82) is 0 Å². The number of aliphatic imine (C=N–C) groups is 1. The number of nitrogens with zero attached hydrogens (tertiary/aromatic N) is 2. The van der Waals surface area contributed by atoms with E-state index >= 15 is 0 Å². The van der Waals surface area contributed by atoms with Crippen LogP contribution in [0.1, 0.15) is 11.1 Å². The van der Waals surface area contributed by atoms with Crippen molar-refractivity contribution in [3.8, 4) is 5.75 Å². The van der Waals surface area contributed by atoms with Crippen LogP contribution in [0.3, 0.4) is 0 Å². The molecule has 4 nitrogen and oxygen atoms in total. The first-order valence-electron chi connectivity index (χ1n) is 11.4. The summed E-state index contributed by atoms with van der Waals surface area (Å²) in [6, 6.07) is 27.0. The van der Waals surface area contributed by atoms with E-state index in [0.29, 0.717) is 47.3 Å². The van der Waals surface area contributed by atoms with Crippen molar-refractivity contribution in [2.24, 2.45) is 4.99 Å². The summed E-state index contributed by atoms with van der Waals surface area (Å²) in [5.41, 5.74) is 2.98. The second kappa shape index (κ2) is 11.9. The van der Waals surface area contributed by atoms with Crippen LogP contribution in [0.5, 0.6) is 5.75 Å². The number of benzene rings is 4. The number of carbonyl (C=O) groups is 1. The Morgan fingerprint density at radius 1 is 0.816 bits per heavy atom. The van der Waals surface area contributed by atoms with E-state index in [1.54, 1.807) is 65.6 Å². The molecule has 0 radical (unpaired) electrons. The number of halogens is 4. The summed E-state index contributed by atoms with van der Waals surface area (Å²) in [4.78, 5) is 20.4. The molecule has 1 saturated heterocycles. The molecule has 1 amide bonds. The fourth-order valence-corrected chi connectivity index (χ4v) is 5.35. The summed E-state index contributed by atoms with van der Waals surface area (Å²) >= 11 is 25.6. The predicted molar refractivity (Wildman–Crippen MR) is 160 cm³/mol. The van der Waals surface area contributed by atoms with Crippen molar-refractivity contribution in [3.05, 3.63) is 127 Å². The number of hydrogen-bond donors (Lipinski definition) is 0. The van der Waals surface area contributed by atoms with Gasteiger partial charge in [-0.2, -0.15) is 0 Å². The number of amides is 1. The Labute approximate surface area is 244 Å². The lowest BCUT2D eigenvalue weighted by atomic mass is 10.2. The first kappa shape index (κ1) is 26.7. The maximum Gasteiger partial charge on any atom is 0.271 e. The van der Waals surface area contributed by atoms with Crippen LogP contribution in [0.4, 0.5) is 11.4 Å². The van der Waals surface area contributed by atoms with E-state index in [2.05, 4.69) is 0 Å². The van der Waals surface area contributed by atoms with Gasteiger partial charge in [0.25, 0.3) is 5.91 Å². The summed E-state index contributed by atoms with van der Waals surface area (Å²) in [7, 11) is 0. The normalized spacial score (nSPS) is 15.5. The minimum absolute atomic E-state index is 0.190. The van der Waals surface area contributed by atoms with Gasteiger partial charge in [0.2, 0.25) is 0 Å². The Morgan fingerprint density at radius 2 is 1.50 bits per heavy atom. The zero-order chi connectivity index (χ0) is 26.6.